The number of rotatable bonds is 3. The van der Waals surface area contributed by atoms with Crippen molar-refractivity contribution >= 4 is 17.3 Å². The molecule has 1 aliphatic heterocycles. The van der Waals surface area contributed by atoms with Crippen LogP contribution >= 0.6 is 0 Å². The number of ether oxygens (including phenoxy) is 1. The largest absolute Gasteiger partial charge is 0.397 e. The van der Waals surface area contributed by atoms with Gasteiger partial charge in [0.2, 0.25) is 5.91 Å². The maximum atomic E-state index is 12.2. The average Bonchev–Trinajstić information content (AvgIpc) is 2.91. The summed E-state index contributed by atoms with van der Waals surface area (Å²) in [6, 6.07) is 7.74. The topological polar surface area (TPSA) is 67.6 Å². The van der Waals surface area contributed by atoms with E-state index in [2.05, 4.69) is 10.2 Å². The maximum absolute atomic E-state index is 12.2. The lowest BCUT2D eigenvalue weighted by molar-refractivity contribution is -0.121. The molecule has 5 nitrogen and oxygen atoms in total. The molecule has 0 radical (unpaired) electrons. The van der Waals surface area contributed by atoms with Crippen LogP contribution in [0.2, 0.25) is 0 Å². The number of morpholine rings is 1. The molecule has 0 aromatic heterocycles. The first-order valence-electron chi connectivity index (χ1n) is 7.24. The highest BCUT2D eigenvalue weighted by atomic mass is 16.5. The molecule has 1 aliphatic carbocycles. The Labute approximate surface area is 119 Å². The number of carbonyl (C=O) groups is 1. The number of carbonyl (C=O) groups excluding carboxylic acids is 1. The molecule has 2 aliphatic rings. The number of fused-ring (bicyclic) bond motifs is 1. The lowest BCUT2D eigenvalue weighted by Gasteiger charge is -2.37. The number of nitrogen functional groups attached to an aromatic ring is 1. The standard InChI is InChI=1S/C15H21N3O2/c16-11-4-1-2-5-12(11)17-15(19)10-18-8-9-20-14-7-3-6-13(14)18/h1-2,4-5,13-14H,3,6-10,16H2,(H,17,19). The predicted molar refractivity (Wildman–Crippen MR) is 78.4 cm³/mol. The van der Waals surface area contributed by atoms with E-state index in [1.54, 1.807) is 6.07 Å². The summed E-state index contributed by atoms with van der Waals surface area (Å²) in [6.45, 7) is 1.97. The number of amides is 1. The van der Waals surface area contributed by atoms with Crippen LogP contribution in [0, 0.1) is 0 Å². The molecule has 5 heteroatoms. The van der Waals surface area contributed by atoms with Gasteiger partial charge in [-0.3, -0.25) is 9.69 Å². The van der Waals surface area contributed by atoms with E-state index in [0.717, 1.165) is 26.0 Å². The van der Waals surface area contributed by atoms with Gasteiger partial charge in [-0.05, 0) is 31.4 Å². The molecule has 2 atom stereocenters. The zero-order valence-electron chi connectivity index (χ0n) is 11.5. The Hall–Kier alpha value is -1.59. The van der Waals surface area contributed by atoms with Crippen LogP contribution < -0.4 is 11.1 Å². The van der Waals surface area contributed by atoms with E-state index < -0.39 is 0 Å². The van der Waals surface area contributed by atoms with Crippen LogP contribution in [0.1, 0.15) is 19.3 Å². The van der Waals surface area contributed by atoms with Crippen molar-refractivity contribution < 1.29 is 9.53 Å². The van der Waals surface area contributed by atoms with Crippen LogP contribution in [0.15, 0.2) is 24.3 Å². The highest BCUT2D eigenvalue weighted by Gasteiger charge is 2.36. The highest BCUT2D eigenvalue weighted by Crippen LogP contribution is 2.29. The Morgan fingerprint density at radius 1 is 1.40 bits per heavy atom. The molecule has 0 spiro atoms. The van der Waals surface area contributed by atoms with Crippen molar-refractivity contribution in [1.82, 2.24) is 4.90 Å². The van der Waals surface area contributed by atoms with Crippen molar-refractivity contribution in [2.45, 2.75) is 31.4 Å². The second-order valence-corrected chi connectivity index (χ2v) is 5.51. The van der Waals surface area contributed by atoms with Gasteiger partial charge >= 0.3 is 0 Å². The Kier molecular flexibility index (Phi) is 3.89. The molecule has 1 aromatic carbocycles. The molecule has 3 rings (SSSR count). The number of hydrogen-bond donors (Lipinski definition) is 2. The monoisotopic (exact) mass is 275 g/mol. The van der Waals surface area contributed by atoms with E-state index >= 15 is 0 Å². The fourth-order valence-corrected chi connectivity index (χ4v) is 3.19. The minimum absolute atomic E-state index is 0.00421. The van der Waals surface area contributed by atoms with Gasteiger partial charge in [-0.2, -0.15) is 0 Å². The molecule has 20 heavy (non-hydrogen) atoms. The summed E-state index contributed by atoms with van der Waals surface area (Å²) in [5, 5.41) is 2.89. The van der Waals surface area contributed by atoms with Gasteiger partial charge in [0, 0.05) is 12.6 Å². The van der Waals surface area contributed by atoms with Gasteiger partial charge in [-0.25, -0.2) is 0 Å². The Balaban J connectivity index is 1.60. The molecule has 1 saturated carbocycles. The van der Waals surface area contributed by atoms with Gasteiger partial charge in [0.25, 0.3) is 0 Å². The van der Waals surface area contributed by atoms with Crippen molar-refractivity contribution in [3.63, 3.8) is 0 Å². The van der Waals surface area contributed by atoms with Crippen LogP contribution in [-0.4, -0.2) is 42.6 Å². The normalized spacial score (nSPS) is 26.2. The number of anilines is 2. The number of para-hydroxylation sites is 2. The third-order valence-corrected chi connectivity index (χ3v) is 4.18. The zero-order valence-corrected chi connectivity index (χ0v) is 11.5. The van der Waals surface area contributed by atoms with Gasteiger partial charge < -0.3 is 15.8 Å². The van der Waals surface area contributed by atoms with E-state index in [1.165, 1.54) is 6.42 Å². The summed E-state index contributed by atoms with van der Waals surface area (Å²) < 4.78 is 5.76. The Bertz CT molecular complexity index is 492. The van der Waals surface area contributed by atoms with Crippen LogP contribution in [0.5, 0.6) is 0 Å². The smallest absolute Gasteiger partial charge is 0.238 e. The van der Waals surface area contributed by atoms with E-state index in [-0.39, 0.29) is 5.91 Å². The number of nitrogens with one attached hydrogen (secondary N) is 1. The summed E-state index contributed by atoms with van der Waals surface area (Å²) in [6.07, 6.45) is 3.76. The molecule has 1 aromatic rings. The van der Waals surface area contributed by atoms with Crippen molar-refractivity contribution in [1.29, 1.82) is 0 Å². The number of hydrogen-bond acceptors (Lipinski definition) is 4. The molecule has 108 valence electrons. The SMILES string of the molecule is Nc1ccccc1NC(=O)CN1CCOC2CCCC21. The van der Waals surface area contributed by atoms with E-state index in [9.17, 15) is 4.79 Å². The highest BCUT2D eigenvalue weighted by molar-refractivity contribution is 5.95. The van der Waals surface area contributed by atoms with Crippen molar-refractivity contribution in [3.8, 4) is 0 Å². The number of nitrogens with zero attached hydrogens (tertiary/aromatic N) is 1. The quantitative estimate of drug-likeness (QED) is 0.820. The summed E-state index contributed by atoms with van der Waals surface area (Å²) in [4.78, 5) is 14.4. The Morgan fingerprint density at radius 2 is 2.25 bits per heavy atom. The fourth-order valence-electron chi connectivity index (χ4n) is 3.19. The third kappa shape index (κ3) is 2.78. The minimum atomic E-state index is -0.00421. The van der Waals surface area contributed by atoms with Gasteiger partial charge in [0.1, 0.15) is 0 Å². The van der Waals surface area contributed by atoms with Crippen molar-refractivity contribution in [2.75, 3.05) is 30.7 Å². The maximum Gasteiger partial charge on any atom is 0.238 e. The minimum Gasteiger partial charge on any atom is -0.397 e. The summed E-state index contributed by atoms with van der Waals surface area (Å²) in [5.74, 6) is -0.00421. The molecular weight excluding hydrogens is 254 g/mol. The van der Waals surface area contributed by atoms with Gasteiger partial charge in [-0.1, -0.05) is 12.1 Å². The lowest BCUT2D eigenvalue weighted by atomic mass is 10.1. The first-order chi connectivity index (χ1) is 9.74. The average molecular weight is 275 g/mol. The second kappa shape index (κ2) is 5.81. The predicted octanol–water partition coefficient (Wildman–Crippen LogP) is 1.46. The van der Waals surface area contributed by atoms with E-state index in [1.807, 2.05) is 18.2 Å². The molecular formula is C15H21N3O2. The van der Waals surface area contributed by atoms with Gasteiger partial charge in [0.15, 0.2) is 0 Å². The van der Waals surface area contributed by atoms with Gasteiger partial charge in [-0.15, -0.1) is 0 Å². The molecule has 3 N–H and O–H groups in total. The molecule has 1 saturated heterocycles. The van der Waals surface area contributed by atoms with E-state index in [0.29, 0.717) is 30.1 Å². The number of benzene rings is 1. The molecule has 0 bridgehead atoms. The molecule has 2 fully saturated rings. The summed E-state index contributed by atoms with van der Waals surface area (Å²) in [7, 11) is 0. The first kappa shape index (κ1) is 13.4. The summed E-state index contributed by atoms with van der Waals surface area (Å²) >= 11 is 0. The third-order valence-electron chi connectivity index (χ3n) is 4.18. The first-order valence-corrected chi connectivity index (χ1v) is 7.24. The van der Waals surface area contributed by atoms with Crippen LogP contribution in [-0.2, 0) is 9.53 Å². The lowest BCUT2D eigenvalue weighted by Crippen LogP contribution is -2.51. The van der Waals surface area contributed by atoms with Crippen LogP contribution in [0.3, 0.4) is 0 Å². The van der Waals surface area contributed by atoms with Crippen molar-refractivity contribution in [3.05, 3.63) is 24.3 Å². The van der Waals surface area contributed by atoms with E-state index in [4.69, 9.17) is 10.5 Å². The fraction of sp³-hybridized carbons (Fsp3) is 0.533. The number of nitrogens with two attached hydrogens (primary N) is 1. The zero-order chi connectivity index (χ0) is 13.9. The Morgan fingerprint density at radius 3 is 3.10 bits per heavy atom. The molecule has 1 amide bonds. The second-order valence-electron chi connectivity index (χ2n) is 5.51. The van der Waals surface area contributed by atoms with Gasteiger partial charge in [0.05, 0.1) is 30.6 Å². The van der Waals surface area contributed by atoms with Crippen molar-refractivity contribution in [2.24, 2.45) is 0 Å². The molecule has 2 unspecified atom stereocenters. The molecule has 1 heterocycles. The van der Waals surface area contributed by atoms with Crippen LogP contribution in [0.25, 0.3) is 0 Å². The van der Waals surface area contributed by atoms with Crippen LogP contribution in [0.4, 0.5) is 11.4 Å². The summed E-state index contributed by atoms with van der Waals surface area (Å²) in [5.41, 5.74) is 7.13.